The first-order valence-corrected chi connectivity index (χ1v) is 4.28. The molecule has 0 spiro atoms. The molecular weight excluding hydrogens is 203 g/mol. The molecule has 72 valence electrons. The Balaban J connectivity index is 2.66. The summed E-state index contributed by atoms with van der Waals surface area (Å²) in [6.07, 6.45) is 0. The molecule has 0 saturated carbocycles. The molecule has 0 aliphatic heterocycles. The molecule has 6 heteroatoms. The first kappa shape index (κ1) is 8.89. The summed E-state index contributed by atoms with van der Waals surface area (Å²) in [7, 11) is 0. The van der Waals surface area contributed by atoms with Crippen LogP contribution in [0.1, 0.15) is 0 Å². The van der Waals surface area contributed by atoms with Crippen molar-refractivity contribution < 1.29 is 4.39 Å². The summed E-state index contributed by atoms with van der Waals surface area (Å²) in [4.78, 5) is 0. The van der Waals surface area contributed by atoms with E-state index in [2.05, 4.69) is 10.2 Å². The molecule has 2 rings (SSSR count). The van der Waals surface area contributed by atoms with Gasteiger partial charge in [-0.15, -0.1) is 5.10 Å². The van der Waals surface area contributed by atoms with E-state index in [1.165, 1.54) is 16.7 Å². The Morgan fingerprint density at radius 1 is 1.50 bits per heavy atom. The first-order valence-electron chi connectivity index (χ1n) is 3.87. The molecule has 1 aromatic heterocycles. The number of halogens is 1. The van der Waals surface area contributed by atoms with Crippen molar-refractivity contribution in [1.29, 1.82) is 0 Å². The topological polar surface area (TPSA) is 59.6 Å². The van der Waals surface area contributed by atoms with E-state index in [4.69, 9.17) is 18.0 Å². The maximum Gasteiger partial charge on any atom is 0.225 e. The lowest BCUT2D eigenvalue weighted by Gasteiger charge is -2.02. The van der Waals surface area contributed by atoms with Crippen molar-refractivity contribution in [3.05, 3.63) is 34.9 Å². The lowest BCUT2D eigenvalue weighted by molar-refractivity contribution is 0.626. The standard InChI is InChI=1S/C8H7FN4S/c9-5-2-1-3-6(4-5)13-7(10)11-12-8(13)14/h1-4H,(H2,10,11)(H,12,14). The number of H-pyrrole nitrogens is 1. The molecule has 1 heterocycles. The Kier molecular flexibility index (Phi) is 2.05. The molecule has 3 N–H and O–H groups in total. The first-order chi connectivity index (χ1) is 6.68. The number of nitrogens with two attached hydrogens (primary N) is 1. The highest BCUT2D eigenvalue weighted by Crippen LogP contribution is 2.13. The number of anilines is 1. The Morgan fingerprint density at radius 3 is 2.86 bits per heavy atom. The Labute approximate surface area is 84.2 Å². The van der Waals surface area contributed by atoms with Crippen molar-refractivity contribution >= 4 is 18.2 Å². The summed E-state index contributed by atoms with van der Waals surface area (Å²) in [5.41, 5.74) is 6.11. The van der Waals surface area contributed by atoms with Gasteiger partial charge in [0.05, 0.1) is 5.69 Å². The highest BCUT2D eigenvalue weighted by molar-refractivity contribution is 7.71. The van der Waals surface area contributed by atoms with Gasteiger partial charge in [-0.1, -0.05) is 6.07 Å². The summed E-state index contributed by atoms with van der Waals surface area (Å²) < 4.78 is 14.7. The number of nitrogen functional groups attached to an aromatic ring is 1. The van der Waals surface area contributed by atoms with Crippen LogP contribution in [-0.4, -0.2) is 14.8 Å². The number of hydrogen-bond acceptors (Lipinski definition) is 3. The van der Waals surface area contributed by atoms with Crippen LogP contribution in [0, 0.1) is 10.6 Å². The van der Waals surface area contributed by atoms with Crippen molar-refractivity contribution in [2.45, 2.75) is 0 Å². The number of nitrogens with zero attached hydrogens (tertiary/aromatic N) is 2. The zero-order valence-corrected chi connectivity index (χ0v) is 7.88. The van der Waals surface area contributed by atoms with E-state index >= 15 is 0 Å². The molecule has 0 radical (unpaired) electrons. The van der Waals surface area contributed by atoms with Gasteiger partial charge in [-0.3, -0.25) is 4.57 Å². The lowest BCUT2D eigenvalue weighted by atomic mass is 10.3. The zero-order chi connectivity index (χ0) is 10.1. The van der Waals surface area contributed by atoms with Crippen molar-refractivity contribution in [2.75, 3.05) is 5.73 Å². The molecule has 0 fully saturated rings. The minimum atomic E-state index is -0.343. The molecule has 14 heavy (non-hydrogen) atoms. The predicted molar refractivity (Wildman–Crippen MR) is 53.1 cm³/mol. The fourth-order valence-electron chi connectivity index (χ4n) is 1.17. The fourth-order valence-corrected chi connectivity index (χ4v) is 1.42. The smallest absolute Gasteiger partial charge is 0.225 e. The molecule has 0 bridgehead atoms. The van der Waals surface area contributed by atoms with Crippen LogP contribution in [0.3, 0.4) is 0 Å². The van der Waals surface area contributed by atoms with Crippen molar-refractivity contribution in [3.8, 4) is 5.69 Å². The largest absolute Gasteiger partial charge is 0.368 e. The van der Waals surface area contributed by atoms with E-state index in [0.717, 1.165) is 0 Å². The number of aromatic nitrogens is 3. The second kappa shape index (κ2) is 3.22. The monoisotopic (exact) mass is 210 g/mol. The van der Waals surface area contributed by atoms with Crippen LogP contribution >= 0.6 is 12.2 Å². The van der Waals surface area contributed by atoms with E-state index in [1.54, 1.807) is 12.1 Å². The molecule has 0 aliphatic rings. The second-order valence-electron chi connectivity index (χ2n) is 2.70. The minimum Gasteiger partial charge on any atom is -0.368 e. The molecule has 4 nitrogen and oxygen atoms in total. The number of hydrogen-bond donors (Lipinski definition) is 2. The zero-order valence-electron chi connectivity index (χ0n) is 7.07. The van der Waals surface area contributed by atoms with Crippen LogP contribution < -0.4 is 5.73 Å². The van der Waals surface area contributed by atoms with Crippen LogP contribution in [-0.2, 0) is 0 Å². The van der Waals surface area contributed by atoms with Crippen LogP contribution in [0.4, 0.5) is 10.3 Å². The third-order valence-corrected chi connectivity index (χ3v) is 2.04. The number of aromatic amines is 1. The SMILES string of the molecule is Nc1n[nH]c(=S)n1-c1cccc(F)c1. The maximum absolute atomic E-state index is 12.9. The predicted octanol–water partition coefficient (Wildman–Crippen LogP) is 1.65. The molecule has 0 unspecified atom stereocenters. The average molecular weight is 210 g/mol. The Bertz CT molecular complexity index is 516. The molecule has 0 aliphatic carbocycles. The molecule has 2 aromatic rings. The van der Waals surface area contributed by atoms with Crippen LogP contribution in [0.5, 0.6) is 0 Å². The van der Waals surface area contributed by atoms with Gasteiger partial charge in [0.25, 0.3) is 0 Å². The van der Waals surface area contributed by atoms with E-state index in [1.807, 2.05) is 0 Å². The van der Waals surface area contributed by atoms with E-state index in [9.17, 15) is 4.39 Å². The van der Waals surface area contributed by atoms with Gasteiger partial charge in [0.1, 0.15) is 5.82 Å². The van der Waals surface area contributed by atoms with Gasteiger partial charge in [0, 0.05) is 0 Å². The number of rotatable bonds is 1. The number of benzene rings is 1. The molecule has 0 saturated heterocycles. The van der Waals surface area contributed by atoms with Crippen LogP contribution in [0.25, 0.3) is 5.69 Å². The molecule has 0 atom stereocenters. The summed E-state index contributed by atoms with van der Waals surface area (Å²) in [6.45, 7) is 0. The average Bonchev–Trinajstić information content (AvgIpc) is 2.46. The minimum absolute atomic E-state index is 0.209. The summed E-state index contributed by atoms with van der Waals surface area (Å²) in [5, 5.41) is 6.25. The van der Waals surface area contributed by atoms with Crippen LogP contribution in [0.2, 0.25) is 0 Å². The van der Waals surface area contributed by atoms with E-state index < -0.39 is 0 Å². The quantitative estimate of drug-likeness (QED) is 0.703. The molecule has 1 aromatic carbocycles. The van der Waals surface area contributed by atoms with Crippen LogP contribution in [0.15, 0.2) is 24.3 Å². The van der Waals surface area contributed by atoms with E-state index in [0.29, 0.717) is 10.5 Å². The highest BCUT2D eigenvalue weighted by atomic mass is 32.1. The van der Waals surface area contributed by atoms with Gasteiger partial charge in [-0.05, 0) is 30.4 Å². The molecular formula is C8H7FN4S. The van der Waals surface area contributed by atoms with Gasteiger partial charge >= 0.3 is 0 Å². The van der Waals surface area contributed by atoms with Gasteiger partial charge < -0.3 is 5.73 Å². The third-order valence-electron chi connectivity index (χ3n) is 1.76. The maximum atomic E-state index is 12.9. The summed E-state index contributed by atoms with van der Waals surface area (Å²) >= 11 is 4.94. The van der Waals surface area contributed by atoms with E-state index in [-0.39, 0.29) is 11.8 Å². The Hall–Kier alpha value is -1.69. The van der Waals surface area contributed by atoms with Gasteiger partial charge in [0.2, 0.25) is 10.7 Å². The van der Waals surface area contributed by atoms with Crippen molar-refractivity contribution in [1.82, 2.24) is 14.8 Å². The highest BCUT2D eigenvalue weighted by Gasteiger charge is 2.04. The summed E-state index contributed by atoms with van der Waals surface area (Å²) in [6, 6.07) is 5.97. The van der Waals surface area contributed by atoms with Gasteiger partial charge in [-0.25, -0.2) is 9.49 Å². The molecule has 0 amide bonds. The summed E-state index contributed by atoms with van der Waals surface area (Å²) in [5.74, 6) is -0.134. The fraction of sp³-hybridized carbons (Fsp3) is 0. The van der Waals surface area contributed by atoms with Gasteiger partial charge in [-0.2, -0.15) is 0 Å². The normalized spacial score (nSPS) is 10.4. The number of nitrogens with one attached hydrogen (secondary N) is 1. The Morgan fingerprint density at radius 2 is 2.29 bits per heavy atom. The third kappa shape index (κ3) is 1.39. The van der Waals surface area contributed by atoms with Gasteiger partial charge in [0.15, 0.2) is 0 Å². The second-order valence-corrected chi connectivity index (χ2v) is 3.09. The lowest BCUT2D eigenvalue weighted by Crippen LogP contribution is -2.00. The van der Waals surface area contributed by atoms with Crippen molar-refractivity contribution in [2.24, 2.45) is 0 Å². The van der Waals surface area contributed by atoms with Crippen molar-refractivity contribution in [3.63, 3.8) is 0 Å².